The number of benzene rings is 3. The van der Waals surface area contributed by atoms with Crippen LogP contribution in [0.1, 0.15) is 17.2 Å². The van der Waals surface area contributed by atoms with Crippen molar-refractivity contribution in [3.8, 4) is 0 Å². The molecule has 0 aliphatic carbocycles. The van der Waals surface area contributed by atoms with Gasteiger partial charge in [-0.1, -0.05) is 54.6 Å². The van der Waals surface area contributed by atoms with Gasteiger partial charge in [-0.15, -0.1) is 0 Å². The first kappa shape index (κ1) is 18.5. The Morgan fingerprint density at radius 3 is 2.23 bits per heavy atom. The van der Waals surface area contributed by atoms with E-state index in [1.165, 1.54) is 18.2 Å². The lowest BCUT2D eigenvalue weighted by atomic mass is 9.88. The van der Waals surface area contributed by atoms with Gasteiger partial charge in [-0.3, -0.25) is 14.4 Å². The summed E-state index contributed by atoms with van der Waals surface area (Å²) in [5.41, 5.74) is 2.58. The van der Waals surface area contributed by atoms with Crippen LogP contribution in [0.15, 0.2) is 78.9 Å². The zero-order valence-corrected chi connectivity index (χ0v) is 16.2. The molecular formula is C24H19FN2O3. The van der Waals surface area contributed by atoms with E-state index >= 15 is 0 Å². The van der Waals surface area contributed by atoms with Crippen molar-refractivity contribution in [3.05, 3.63) is 95.8 Å². The largest absolute Gasteiger partial charge is 0.273 e. The van der Waals surface area contributed by atoms with Gasteiger partial charge in [-0.05, 0) is 42.3 Å². The SMILES string of the molecule is Cc1ccccc1[C@@H]1[C@H]2C(=O)N(c3ccccc3F)C(=O)[C@H]2ON1c1ccccc1. The van der Waals surface area contributed by atoms with Crippen LogP contribution in [0.3, 0.4) is 0 Å². The average molecular weight is 402 g/mol. The molecule has 0 aromatic heterocycles. The third-order valence-electron chi connectivity index (χ3n) is 5.73. The zero-order chi connectivity index (χ0) is 20.8. The van der Waals surface area contributed by atoms with E-state index in [4.69, 9.17) is 4.84 Å². The maximum Gasteiger partial charge on any atom is 0.266 e. The maximum absolute atomic E-state index is 14.4. The molecule has 6 heteroatoms. The Bertz CT molecular complexity index is 1130. The summed E-state index contributed by atoms with van der Waals surface area (Å²) in [5.74, 6) is -2.40. The number of hydrogen-bond acceptors (Lipinski definition) is 4. The minimum Gasteiger partial charge on any atom is -0.273 e. The molecule has 2 amide bonds. The summed E-state index contributed by atoms with van der Waals surface area (Å²) in [6.45, 7) is 1.96. The van der Waals surface area contributed by atoms with Crippen molar-refractivity contribution in [2.45, 2.75) is 19.1 Å². The van der Waals surface area contributed by atoms with Crippen LogP contribution in [0.2, 0.25) is 0 Å². The van der Waals surface area contributed by atoms with Crippen molar-refractivity contribution in [1.82, 2.24) is 0 Å². The molecule has 2 aliphatic rings. The molecule has 150 valence electrons. The highest BCUT2D eigenvalue weighted by atomic mass is 19.1. The van der Waals surface area contributed by atoms with Crippen LogP contribution in [0.5, 0.6) is 0 Å². The molecule has 0 saturated carbocycles. The topological polar surface area (TPSA) is 49.9 Å². The van der Waals surface area contributed by atoms with Gasteiger partial charge in [-0.25, -0.2) is 14.4 Å². The van der Waals surface area contributed by atoms with Crippen LogP contribution < -0.4 is 9.96 Å². The predicted molar refractivity (Wildman–Crippen MR) is 110 cm³/mol. The lowest BCUT2D eigenvalue weighted by Crippen LogP contribution is -2.38. The molecule has 2 aliphatic heterocycles. The van der Waals surface area contributed by atoms with Crippen molar-refractivity contribution in [3.63, 3.8) is 0 Å². The van der Waals surface area contributed by atoms with E-state index in [1.807, 2.05) is 61.5 Å². The van der Waals surface area contributed by atoms with Gasteiger partial charge in [0.2, 0.25) is 5.91 Å². The molecule has 0 bridgehead atoms. The molecule has 0 unspecified atom stereocenters. The van der Waals surface area contributed by atoms with E-state index in [1.54, 1.807) is 11.1 Å². The third-order valence-corrected chi connectivity index (χ3v) is 5.73. The van der Waals surface area contributed by atoms with Gasteiger partial charge in [-0.2, -0.15) is 0 Å². The van der Waals surface area contributed by atoms with Crippen molar-refractivity contribution >= 4 is 23.2 Å². The van der Waals surface area contributed by atoms with Crippen LogP contribution in [-0.4, -0.2) is 17.9 Å². The van der Waals surface area contributed by atoms with Crippen molar-refractivity contribution in [2.75, 3.05) is 9.96 Å². The Kier molecular flexibility index (Phi) is 4.37. The molecular weight excluding hydrogens is 383 g/mol. The van der Waals surface area contributed by atoms with Crippen molar-refractivity contribution < 1.29 is 18.8 Å². The number of hydroxylamine groups is 1. The van der Waals surface area contributed by atoms with E-state index in [-0.39, 0.29) is 5.69 Å². The Labute approximate surface area is 173 Å². The van der Waals surface area contributed by atoms with Crippen molar-refractivity contribution in [1.29, 1.82) is 0 Å². The summed E-state index contributed by atoms with van der Waals surface area (Å²) in [6, 6.07) is 22.4. The van der Waals surface area contributed by atoms with E-state index in [2.05, 4.69) is 0 Å². The Hall–Kier alpha value is -3.51. The lowest BCUT2D eigenvalue weighted by molar-refractivity contribution is -0.126. The first-order chi connectivity index (χ1) is 14.6. The molecule has 3 aromatic carbocycles. The molecule has 3 aromatic rings. The summed E-state index contributed by atoms with van der Waals surface area (Å²) in [7, 11) is 0. The molecule has 0 spiro atoms. The normalized spacial score (nSPS) is 23.2. The number of hydrogen-bond donors (Lipinski definition) is 0. The van der Waals surface area contributed by atoms with Crippen LogP contribution in [0.4, 0.5) is 15.8 Å². The van der Waals surface area contributed by atoms with Crippen LogP contribution in [0.25, 0.3) is 0 Å². The molecule has 5 rings (SSSR count). The average Bonchev–Trinajstić information content (AvgIpc) is 3.26. The Morgan fingerprint density at radius 2 is 1.50 bits per heavy atom. The maximum atomic E-state index is 14.4. The number of para-hydroxylation sites is 2. The van der Waals surface area contributed by atoms with Crippen molar-refractivity contribution in [2.24, 2.45) is 5.92 Å². The fourth-order valence-corrected chi connectivity index (χ4v) is 4.32. The second-order valence-corrected chi connectivity index (χ2v) is 7.48. The standard InChI is InChI=1S/C24H19FN2O3/c1-15-9-5-6-12-17(15)21-20-22(30-27(21)16-10-3-2-4-11-16)24(29)26(23(20)28)19-14-8-7-13-18(19)25/h2-14,20-22H,1H3/t20-,21-,22+/m1/s1. The monoisotopic (exact) mass is 402 g/mol. The number of amides is 2. The molecule has 2 saturated heterocycles. The Balaban J connectivity index is 1.62. The number of nitrogens with zero attached hydrogens (tertiary/aromatic N) is 2. The van der Waals surface area contributed by atoms with E-state index in [9.17, 15) is 14.0 Å². The lowest BCUT2D eigenvalue weighted by Gasteiger charge is -2.29. The highest BCUT2D eigenvalue weighted by molar-refractivity contribution is 6.24. The fraction of sp³-hybridized carbons (Fsp3) is 0.167. The molecule has 0 radical (unpaired) electrons. The van der Waals surface area contributed by atoms with Crippen LogP contribution >= 0.6 is 0 Å². The second kappa shape index (κ2) is 7.07. The highest BCUT2D eigenvalue weighted by Gasteiger charge is 2.60. The van der Waals surface area contributed by atoms with Gasteiger partial charge in [0.05, 0.1) is 17.4 Å². The van der Waals surface area contributed by atoms with E-state index in [0.717, 1.165) is 21.7 Å². The van der Waals surface area contributed by atoms with Gasteiger partial charge in [0.1, 0.15) is 11.7 Å². The number of imide groups is 1. The summed E-state index contributed by atoms with van der Waals surface area (Å²) < 4.78 is 14.4. The molecule has 2 fully saturated rings. The predicted octanol–water partition coefficient (Wildman–Crippen LogP) is 4.19. The number of anilines is 2. The van der Waals surface area contributed by atoms with Gasteiger partial charge < -0.3 is 0 Å². The molecule has 2 heterocycles. The van der Waals surface area contributed by atoms with Gasteiger partial charge >= 0.3 is 0 Å². The second-order valence-electron chi connectivity index (χ2n) is 7.48. The smallest absolute Gasteiger partial charge is 0.266 e. The zero-order valence-electron chi connectivity index (χ0n) is 16.2. The fourth-order valence-electron chi connectivity index (χ4n) is 4.32. The Morgan fingerprint density at radius 1 is 0.833 bits per heavy atom. The van der Waals surface area contributed by atoms with E-state index in [0.29, 0.717) is 0 Å². The molecule has 0 N–H and O–H groups in total. The number of carbonyl (C=O) groups is 2. The summed E-state index contributed by atoms with van der Waals surface area (Å²) in [4.78, 5) is 33.6. The molecule has 30 heavy (non-hydrogen) atoms. The quantitative estimate of drug-likeness (QED) is 0.617. The van der Waals surface area contributed by atoms with Gasteiger partial charge in [0, 0.05) is 0 Å². The summed E-state index contributed by atoms with van der Waals surface area (Å²) in [5, 5.41) is 1.64. The van der Waals surface area contributed by atoms with Crippen LogP contribution in [-0.2, 0) is 14.4 Å². The summed E-state index contributed by atoms with van der Waals surface area (Å²) in [6.07, 6.45) is -1.01. The van der Waals surface area contributed by atoms with Crippen LogP contribution in [0, 0.1) is 18.7 Å². The number of carbonyl (C=O) groups excluding carboxylic acids is 2. The number of aryl methyl sites for hydroxylation is 1. The first-order valence-corrected chi connectivity index (χ1v) is 9.77. The summed E-state index contributed by atoms with van der Waals surface area (Å²) >= 11 is 0. The minimum atomic E-state index is -1.01. The minimum absolute atomic E-state index is 0.0414. The first-order valence-electron chi connectivity index (χ1n) is 9.77. The molecule has 3 atom stereocenters. The number of fused-ring (bicyclic) bond motifs is 1. The highest BCUT2D eigenvalue weighted by Crippen LogP contribution is 2.48. The van der Waals surface area contributed by atoms with Gasteiger partial charge in [0.15, 0.2) is 6.10 Å². The van der Waals surface area contributed by atoms with E-state index < -0.39 is 35.7 Å². The van der Waals surface area contributed by atoms with Gasteiger partial charge in [0.25, 0.3) is 5.91 Å². The molecule has 5 nitrogen and oxygen atoms in total. The number of halogens is 1. The number of rotatable bonds is 3. The third kappa shape index (κ3) is 2.72.